The molecule has 6 nitrogen and oxygen atoms in total. The number of hydrogen-bond acceptors (Lipinski definition) is 4. The van der Waals surface area contributed by atoms with Crippen molar-refractivity contribution in [2.45, 2.75) is 38.3 Å². The van der Waals surface area contributed by atoms with E-state index in [2.05, 4.69) is 0 Å². The number of nitrogens with zero attached hydrogens (tertiary/aromatic N) is 2. The third-order valence-electron chi connectivity index (χ3n) is 4.29. The van der Waals surface area contributed by atoms with Gasteiger partial charge in [-0.3, -0.25) is 14.5 Å². The average molecular weight is 269 g/mol. The van der Waals surface area contributed by atoms with Crippen molar-refractivity contribution in [3.63, 3.8) is 0 Å². The molecule has 108 valence electrons. The summed E-state index contributed by atoms with van der Waals surface area (Å²) < 4.78 is 0. The Bertz CT molecular complexity index is 377. The Labute approximate surface area is 113 Å². The second-order valence-electron chi connectivity index (χ2n) is 5.98. The Balaban J connectivity index is 2.03. The molecule has 6 heteroatoms. The fourth-order valence-electron chi connectivity index (χ4n) is 3.24. The number of aliphatic hydroxyl groups excluding tert-OH is 1. The number of primary amides is 1. The van der Waals surface area contributed by atoms with Crippen LogP contribution in [0.25, 0.3) is 0 Å². The van der Waals surface area contributed by atoms with E-state index in [1.807, 2.05) is 23.6 Å². The SMILES string of the molecule is CC(C)C(=O)N1CCCC12CN(C(CO)C(N)=O)C2. The van der Waals surface area contributed by atoms with Gasteiger partial charge in [-0.05, 0) is 12.8 Å². The van der Waals surface area contributed by atoms with E-state index in [-0.39, 0.29) is 24.0 Å². The Kier molecular flexibility index (Phi) is 3.82. The van der Waals surface area contributed by atoms with Crippen LogP contribution >= 0.6 is 0 Å². The van der Waals surface area contributed by atoms with E-state index in [1.165, 1.54) is 0 Å². The summed E-state index contributed by atoms with van der Waals surface area (Å²) in [6.45, 7) is 5.63. The van der Waals surface area contributed by atoms with Crippen LogP contribution in [0.1, 0.15) is 26.7 Å². The van der Waals surface area contributed by atoms with Crippen molar-refractivity contribution in [3.8, 4) is 0 Å². The van der Waals surface area contributed by atoms with Gasteiger partial charge >= 0.3 is 0 Å². The number of carbonyl (C=O) groups excluding carboxylic acids is 2. The Morgan fingerprint density at radius 3 is 2.47 bits per heavy atom. The van der Waals surface area contributed by atoms with Crippen molar-refractivity contribution in [2.75, 3.05) is 26.2 Å². The first-order chi connectivity index (χ1) is 8.91. The van der Waals surface area contributed by atoms with E-state index in [9.17, 15) is 14.7 Å². The second-order valence-corrected chi connectivity index (χ2v) is 5.98. The van der Waals surface area contributed by atoms with Gasteiger partial charge in [-0.2, -0.15) is 0 Å². The summed E-state index contributed by atoms with van der Waals surface area (Å²) in [7, 11) is 0. The van der Waals surface area contributed by atoms with Crippen LogP contribution in [0.4, 0.5) is 0 Å². The fourth-order valence-corrected chi connectivity index (χ4v) is 3.24. The monoisotopic (exact) mass is 269 g/mol. The average Bonchev–Trinajstić information content (AvgIpc) is 2.72. The van der Waals surface area contributed by atoms with Gasteiger partial charge in [0.1, 0.15) is 6.04 Å². The van der Waals surface area contributed by atoms with Crippen molar-refractivity contribution in [3.05, 3.63) is 0 Å². The highest BCUT2D eigenvalue weighted by atomic mass is 16.3. The minimum Gasteiger partial charge on any atom is -0.394 e. The van der Waals surface area contributed by atoms with Gasteiger partial charge in [0.2, 0.25) is 11.8 Å². The standard InChI is InChI=1S/C13H23N3O3/c1-9(2)12(19)16-5-3-4-13(16)7-15(8-13)10(6-17)11(14)18/h9-10,17H,3-8H2,1-2H3,(H2,14,18). The molecule has 2 rings (SSSR count). The number of carbonyl (C=O) groups is 2. The van der Waals surface area contributed by atoms with Crippen LogP contribution in [0.5, 0.6) is 0 Å². The van der Waals surface area contributed by atoms with Crippen LogP contribution in [0, 0.1) is 5.92 Å². The molecule has 0 bridgehead atoms. The second kappa shape index (κ2) is 5.09. The minimum atomic E-state index is -0.623. The highest BCUT2D eigenvalue weighted by molar-refractivity contribution is 5.81. The molecule has 2 amide bonds. The summed E-state index contributed by atoms with van der Waals surface area (Å²) in [4.78, 5) is 27.3. The molecule has 2 aliphatic heterocycles. The summed E-state index contributed by atoms with van der Waals surface area (Å²) in [6.07, 6.45) is 1.98. The molecule has 2 fully saturated rings. The van der Waals surface area contributed by atoms with E-state index in [0.29, 0.717) is 13.1 Å². The highest BCUT2D eigenvalue weighted by Gasteiger charge is 2.54. The number of nitrogens with two attached hydrogens (primary N) is 1. The Hall–Kier alpha value is -1.14. The van der Waals surface area contributed by atoms with Crippen molar-refractivity contribution in [1.82, 2.24) is 9.80 Å². The van der Waals surface area contributed by atoms with Crippen LogP contribution in [-0.2, 0) is 9.59 Å². The molecule has 0 aromatic carbocycles. The van der Waals surface area contributed by atoms with Gasteiger partial charge in [-0.15, -0.1) is 0 Å². The summed E-state index contributed by atoms with van der Waals surface area (Å²) in [5.41, 5.74) is 5.13. The quantitative estimate of drug-likeness (QED) is 0.697. The van der Waals surface area contributed by atoms with E-state index in [0.717, 1.165) is 19.4 Å². The third-order valence-corrected chi connectivity index (χ3v) is 4.29. The van der Waals surface area contributed by atoms with Gasteiger partial charge in [-0.25, -0.2) is 0 Å². The first-order valence-electron chi connectivity index (χ1n) is 6.87. The zero-order valence-electron chi connectivity index (χ0n) is 11.6. The fraction of sp³-hybridized carbons (Fsp3) is 0.846. The smallest absolute Gasteiger partial charge is 0.237 e. The molecular formula is C13H23N3O3. The molecule has 0 aromatic rings. The normalized spacial score (nSPS) is 23.7. The topological polar surface area (TPSA) is 86.9 Å². The van der Waals surface area contributed by atoms with Crippen LogP contribution in [0.2, 0.25) is 0 Å². The van der Waals surface area contributed by atoms with E-state index < -0.39 is 11.9 Å². The lowest BCUT2D eigenvalue weighted by atomic mass is 9.85. The molecule has 1 unspecified atom stereocenters. The summed E-state index contributed by atoms with van der Waals surface area (Å²) >= 11 is 0. The molecule has 0 saturated carbocycles. The lowest BCUT2D eigenvalue weighted by molar-refractivity contribution is -0.150. The van der Waals surface area contributed by atoms with Gasteiger partial charge < -0.3 is 15.7 Å². The third kappa shape index (κ3) is 2.34. The highest BCUT2D eigenvalue weighted by Crippen LogP contribution is 2.39. The molecule has 2 saturated heterocycles. The van der Waals surface area contributed by atoms with Crippen molar-refractivity contribution >= 4 is 11.8 Å². The molecule has 2 aliphatic rings. The van der Waals surface area contributed by atoms with Gasteiger partial charge in [0.25, 0.3) is 0 Å². The van der Waals surface area contributed by atoms with E-state index in [4.69, 9.17) is 5.73 Å². The molecule has 3 N–H and O–H groups in total. The van der Waals surface area contributed by atoms with Crippen molar-refractivity contribution < 1.29 is 14.7 Å². The van der Waals surface area contributed by atoms with Crippen molar-refractivity contribution in [2.24, 2.45) is 11.7 Å². The van der Waals surface area contributed by atoms with Crippen LogP contribution in [0.15, 0.2) is 0 Å². The van der Waals surface area contributed by atoms with Crippen LogP contribution in [-0.4, -0.2) is 64.5 Å². The molecule has 0 radical (unpaired) electrons. The van der Waals surface area contributed by atoms with Crippen LogP contribution < -0.4 is 5.73 Å². The van der Waals surface area contributed by atoms with E-state index >= 15 is 0 Å². The maximum absolute atomic E-state index is 12.2. The maximum atomic E-state index is 12.2. The Morgan fingerprint density at radius 2 is 2.00 bits per heavy atom. The number of aliphatic hydroxyl groups is 1. The zero-order valence-corrected chi connectivity index (χ0v) is 11.6. The zero-order chi connectivity index (χ0) is 14.2. The van der Waals surface area contributed by atoms with E-state index in [1.54, 1.807) is 0 Å². The van der Waals surface area contributed by atoms with Crippen molar-refractivity contribution in [1.29, 1.82) is 0 Å². The predicted octanol–water partition coefficient (Wildman–Crippen LogP) is -0.835. The number of likely N-dealkylation sites (tertiary alicyclic amines) is 2. The summed E-state index contributed by atoms with van der Waals surface area (Å²) in [5, 5.41) is 9.20. The number of amides is 2. The van der Waals surface area contributed by atoms with Crippen LogP contribution in [0.3, 0.4) is 0 Å². The van der Waals surface area contributed by atoms with Gasteiger partial charge in [-0.1, -0.05) is 13.8 Å². The van der Waals surface area contributed by atoms with Gasteiger partial charge in [0, 0.05) is 25.6 Å². The van der Waals surface area contributed by atoms with Gasteiger partial charge in [0.15, 0.2) is 0 Å². The molecule has 1 atom stereocenters. The predicted molar refractivity (Wildman–Crippen MR) is 70.2 cm³/mol. The molecule has 2 heterocycles. The largest absolute Gasteiger partial charge is 0.394 e. The molecule has 19 heavy (non-hydrogen) atoms. The molecule has 1 spiro atoms. The first kappa shape index (κ1) is 14.3. The number of hydrogen-bond donors (Lipinski definition) is 2. The Morgan fingerprint density at radius 1 is 1.37 bits per heavy atom. The lowest BCUT2D eigenvalue weighted by Crippen LogP contribution is -2.72. The first-order valence-corrected chi connectivity index (χ1v) is 6.87. The van der Waals surface area contributed by atoms with Gasteiger partial charge in [0.05, 0.1) is 12.1 Å². The number of rotatable bonds is 4. The maximum Gasteiger partial charge on any atom is 0.237 e. The molecular weight excluding hydrogens is 246 g/mol. The minimum absolute atomic E-state index is 0.00574. The molecule has 0 aromatic heterocycles. The summed E-state index contributed by atoms with van der Waals surface area (Å²) in [6, 6.07) is -0.623. The molecule has 0 aliphatic carbocycles. The summed E-state index contributed by atoms with van der Waals surface area (Å²) in [5.74, 6) is -0.331. The lowest BCUT2D eigenvalue weighted by Gasteiger charge is -2.54.